The fourth-order valence-electron chi connectivity index (χ4n) is 5.49. The van der Waals surface area contributed by atoms with Crippen molar-refractivity contribution in [1.82, 2.24) is 0 Å². The highest BCUT2D eigenvalue weighted by Crippen LogP contribution is 2.31. The van der Waals surface area contributed by atoms with Gasteiger partial charge in [-0.15, -0.1) is 6.58 Å². The lowest BCUT2D eigenvalue weighted by Gasteiger charge is -2.35. The normalized spacial score (nSPS) is 22.6. The number of rotatable bonds is 19. The van der Waals surface area contributed by atoms with Gasteiger partial charge in [0.05, 0.1) is 52.9 Å². The van der Waals surface area contributed by atoms with Crippen molar-refractivity contribution in [1.29, 1.82) is 0 Å². The quantitative estimate of drug-likeness (QED) is 0.0937. The van der Waals surface area contributed by atoms with Crippen LogP contribution >= 0.6 is 0 Å². The summed E-state index contributed by atoms with van der Waals surface area (Å²) in [7, 11) is 0. The van der Waals surface area contributed by atoms with Crippen molar-refractivity contribution in [3.8, 4) is 0 Å². The number of aliphatic hydroxyl groups is 1. The Morgan fingerprint density at radius 2 is 1.00 bits per heavy atom. The van der Waals surface area contributed by atoms with Crippen LogP contribution in [-0.4, -0.2) is 68.3 Å². The lowest BCUT2D eigenvalue weighted by molar-refractivity contribution is -0.244. The summed E-state index contributed by atoms with van der Waals surface area (Å²) in [4.78, 5) is 0. The lowest BCUT2D eigenvalue weighted by atomic mass is 9.99. The van der Waals surface area contributed by atoms with Crippen molar-refractivity contribution >= 4 is 0 Å². The van der Waals surface area contributed by atoms with Crippen LogP contribution in [0.5, 0.6) is 0 Å². The van der Waals surface area contributed by atoms with Crippen molar-refractivity contribution in [3.05, 3.63) is 156 Å². The first-order valence-electron chi connectivity index (χ1n) is 16.4. The molecule has 0 spiro atoms. The van der Waals surface area contributed by atoms with E-state index in [1.54, 1.807) is 6.08 Å². The number of aliphatic hydroxyl groups excluding tert-OH is 1. The van der Waals surface area contributed by atoms with Crippen molar-refractivity contribution in [3.63, 3.8) is 0 Å². The van der Waals surface area contributed by atoms with Crippen molar-refractivity contribution < 1.29 is 38.3 Å². The number of hydrogen-bond donors (Lipinski definition) is 1. The molecule has 0 bridgehead atoms. The van der Waals surface area contributed by atoms with E-state index in [0.717, 1.165) is 22.3 Å². The monoisotopic (exact) mass is 654 g/mol. The van der Waals surface area contributed by atoms with Gasteiger partial charge in [-0.05, 0) is 22.3 Å². The van der Waals surface area contributed by atoms with E-state index in [1.165, 1.54) is 0 Å². The van der Waals surface area contributed by atoms with Gasteiger partial charge in [0.25, 0.3) is 0 Å². The third-order valence-electron chi connectivity index (χ3n) is 7.93. The third kappa shape index (κ3) is 11.2. The first-order chi connectivity index (χ1) is 23.7. The van der Waals surface area contributed by atoms with Gasteiger partial charge in [0.1, 0.15) is 30.5 Å². The highest BCUT2D eigenvalue weighted by Gasteiger charge is 2.49. The Balaban J connectivity index is 1.46. The molecule has 1 saturated heterocycles. The summed E-state index contributed by atoms with van der Waals surface area (Å²) >= 11 is 0. The minimum atomic E-state index is -1.23. The van der Waals surface area contributed by atoms with E-state index in [0.29, 0.717) is 19.8 Å². The van der Waals surface area contributed by atoms with Gasteiger partial charge in [-0.25, -0.2) is 0 Å². The standard InChI is InChI=1S/C40H46O8/c1-2-23-42-24-25-44-40-36(41)38(46-28-33-19-11-5-12-20-33)39(47-29-34-21-13-6-14-22-34)37(45-27-32-17-9-4-10-18-32)35(48-40)30-43-26-31-15-7-3-8-16-31/h2-22,35-41H,1,23-30H2/t35-,36+,37-,38+,39+,40+/m1/s1. The Morgan fingerprint density at radius 3 is 1.50 bits per heavy atom. The fourth-order valence-corrected chi connectivity index (χ4v) is 5.49. The van der Waals surface area contributed by atoms with Crippen LogP contribution in [-0.2, 0) is 59.6 Å². The maximum atomic E-state index is 12.0. The molecule has 1 fully saturated rings. The van der Waals surface area contributed by atoms with Crippen LogP contribution in [0, 0.1) is 0 Å². The summed E-state index contributed by atoms with van der Waals surface area (Å²) in [6.45, 7) is 5.90. The van der Waals surface area contributed by atoms with Crippen molar-refractivity contribution in [2.45, 2.75) is 63.2 Å². The van der Waals surface area contributed by atoms with Crippen LogP contribution in [0.3, 0.4) is 0 Å². The minimum absolute atomic E-state index is 0.157. The Kier molecular flexibility index (Phi) is 14.8. The van der Waals surface area contributed by atoms with Crippen LogP contribution in [0.1, 0.15) is 22.3 Å². The molecule has 1 aliphatic rings. The molecule has 5 rings (SSSR count). The molecular weight excluding hydrogens is 608 g/mol. The molecule has 8 nitrogen and oxygen atoms in total. The molecule has 4 aromatic rings. The second kappa shape index (κ2) is 20.0. The smallest absolute Gasteiger partial charge is 0.186 e. The van der Waals surface area contributed by atoms with E-state index in [4.69, 9.17) is 33.2 Å². The Morgan fingerprint density at radius 1 is 0.542 bits per heavy atom. The Labute approximate surface area is 283 Å². The fraction of sp³-hybridized carbons (Fsp3) is 0.350. The lowest BCUT2D eigenvalue weighted by Crippen LogP contribution is -2.51. The molecular formula is C40H46O8. The zero-order valence-electron chi connectivity index (χ0n) is 27.3. The van der Waals surface area contributed by atoms with E-state index >= 15 is 0 Å². The topological polar surface area (TPSA) is 84.8 Å². The van der Waals surface area contributed by atoms with Crippen LogP contribution in [0.2, 0.25) is 0 Å². The summed E-state index contributed by atoms with van der Waals surface area (Å²) in [5.74, 6) is 0. The summed E-state index contributed by atoms with van der Waals surface area (Å²) in [6, 6.07) is 39.6. The van der Waals surface area contributed by atoms with Crippen LogP contribution in [0.4, 0.5) is 0 Å². The summed E-state index contributed by atoms with van der Waals surface area (Å²) in [5.41, 5.74) is 3.95. The molecule has 48 heavy (non-hydrogen) atoms. The molecule has 6 atom stereocenters. The Hall–Kier alpha value is -3.70. The van der Waals surface area contributed by atoms with Gasteiger partial charge in [0.15, 0.2) is 6.29 Å². The number of benzene rings is 4. The van der Waals surface area contributed by atoms with Gasteiger partial charge in [-0.3, -0.25) is 0 Å². The zero-order chi connectivity index (χ0) is 33.2. The van der Waals surface area contributed by atoms with Gasteiger partial charge in [-0.1, -0.05) is 127 Å². The highest BCUT2D eigenvalue weighted by molar-refractivity contribution is 5.16. The second-order valence-corrected chi connectivity index (χ2v) is 11.6. The largest absolute Gasteiger partial charge is 0.385 e. The van der Waals surface area contributed by atoms with E-state index in [1.807, 2.05) is 121 Å². The maximum absolute atomic E-state index is 12.0. The molecule has 1 aliphatic heterocycles. The van der Waals surface area contributed by atoms with Crippen LogP contribution < -0.4 is 0 Å². The number of ether oxygens (including phenoxy) is 7. The van der Waals surface area contributed by atoms with E-state index in [9.17, 15) is 5.11 Å². The molecule has 0 radical (unpaired) electrons. The summed E-state index contributed by atoms with van der Waals surface area (Å²) < 4.78 is 44.4. The van der Waals surface area contributed by atoms with Crippen molar-refractivity contribution in [2.75, 3.05) is 26.4 Å². The Bertz CT molecular complexity index is 1420. The molecule has 1 N–H and O–H groups in total. The summed E-state index contributed by atoms with van der Waals surface area (Å²) in [6.07, 6.45) is -3.65. The van der Waals surface area contributed by atoms with Gasteiger partial charge >= 0.3 is 0 Å². The van der Waals surface area contributed by atoms with Gasteiger partial charge < -0.3 is 38.3 Å². The van der Waals surface area contributed by atoms with E-state index < -0.39 is 36.8 Å². The van der Waals surface area contributed by atoms with Gasteiger partial charge in [-0.2, -0.15) is 0 Å². The summed E-state index contributed by atoms with van der Waals surface area (Å²) in [5, 5.41) is 12.0. The molecule has 0 saturated carbocycles. The molecule has 0 aliphatic carbocycles. The first kappa shape index (κ1) is 35.6. The van der Waals surface area contributed by atoms with Gasteiger partial charge in [0.2, 0.25) is 0 Å². The molecule has 254 valence electrons. The third-order valence-corrected chi connectivity index (χ3v) is 7.93. The predicted octanol–water partition coefficient (Wildman–Crippen LogP) is 6.26. The van der Waals surface area contributed by atoms with E-state index in [-0.39, 0.29) is 33.0 Å². The molecule has 0 amide bonds. The first-order valence-corrected chi connectivity index (χ1v) is 16.4. The molecule has 0 aromatic heterocycles. The SMILES string of the molecule is C=CCOCCO[C@H]1O[C@H](COCc2ccccc2)[C@@H](OCc2ccccc2)[C@H](OCc2ccccc2)[C@@H](OCc2ccccc2)[C@@H]1O. The van der Waals surface area contributed by atoms with E-state index in [2.05, 4.69) is 6.58 Å². The molecule has 1 heterocycles. The second-order valence-electron chi connectivity index (χ2n) is 11.6. The average molecular weight is 655 g/mol. The van der Waals surface area contributed by atoms with Crippen molar-refractivity contribution in [2.24, 2.45) is 0 Å². The predicted molar refractivity (Wildman–Crippen MR) is 183 cm³/mol. The van der Waals surface area contributed by atoms with Crippen LogP contribution in [0.15, 0.2) is 134 Å². The molecule has 4 aromatic carbocycles. The van der Waals surface area contributed by atoms with Crippen LogP contribution in [0.25, 0.3) is 0 Å². The zero-order valence-corrected chi connectivity index (χ0v) is 27.3. The van der Waals surface area contributed by atoms with Gasteiger partial charge in [0, 0.05) is 0 Å². The average Bonchev–Trinajstić information content (AvgIpc) is 3.24. The number of hydrogen-bond acceptors (Lipinski definition) is 8. The molecule has 8 heteroatoms. The minimum Gasteiger partial charge on any atom is -0.385 e. The highest BCUT2D eigenvalue weighted by atomic mass is 16.7. The molecule has 0 unspecified atom stereocenters. The maximum Gasteiger partial charge on any atom is 0.186 e.